The summed E-state index contributed by atoms with van der Waals surface area (Å²) in [6.45, 7) is 0. The number of carbonyl (C=O) groups is 1. The second-order valence-corrected chi connectivity index (χ2v) is 3.55. The molecule has 1 unspecified atom stereocenters. The van der Waals surface area contributed by atoms with E-state index in [1.807, 2.05) is 0 Å². The summed E-state index contributed by atoms with van der Waals surface area (Å²) in [5, 5.41) is 8.14. The molecule has 11 heavy (non-hydrogen) atoms. The Labute approximate surface area is 69.6 Å². The van der Waals surface area contributed by atoms with Gasteiger partial charge in [-0.2, -0.15) is 4.37 Å². The normalized spacial score (nSPS) is 12.8. The van der Waals surface area contributed by atoms with Gasteiger partial charge in [-0.15, -0.1) is 0 Å². The average Bonchev–Trinajstić information content (AvgIpc) is 2.39. The van der Waals surface area contributed by atoms with E-state index >= 15 is 0 Å². The number of carboxylic acid groups (broad SMARTS) is 1. The maximum Gasteiger partial charge on any atom is 0.349 e. The van der Waals surface area contributed by atoms with E-state index < -0.39 is 11.5 Å². The van der Waals surface area contributed by atoms with E-state index in [2.05, 4.69) is 9.36 Å². The minimum absolute atomic E-state index is 0.319. The van der Waals surface area contributed by atoms with Crippen molar-refractivity contribution >= 4 is 29.3 Å². The molecule has 0 saturated carbocycles. The van der Waals surface area contributed by atoms with Crippen LogP contribution in [0.15, 0.2) is 10.7 Å². The first kappa shape index (κ1) is 8.41. The topological polar surface area (TPSA) is 63.1 Å². The standard InChI is InChI=1S/C4H3FN2O2S2/c5-2(3(8)9)10-4-6-1-7-11-4/h1-2H,(H,8,9). The molecule has 0 aromatic carbocycles. The van der Waals surface area contributed by atoms with Crippen LogP contribution in [0.3, 0.4) is 0 Å². The molecule has 1 N–H and O–H groups in total. The quantitative estimate of drug-likeness (QED) is 0.727. The molecule has 4 nitrogen and oxygen atoms in total. The van der Waals surface area contributed by atoms with Gasteiger partial charge in [0.25, 0.3) is 0 Å². The number of hydrogen-bond donors (Lipinski definition) is 1. The minimum Gasteiger partial charge on any atom is -0.478 e. The number of thioether (sulfide) groups is 1. The van der Waals surface area contributed by atoms with Gasteiger partial charge in [-0.05, 0) is 23.3 Å². The van der Waals surface area contributed by atoms with Crippen molar-refractivity contribution in [3.05, 3.63) is 6.33 Å². The summed E-state index contributed by atoms with van der Waals surface area (Å²) in [6, 6.07) is 0. The number of aliphatic carboxylic acids is 1. The van der Waals surface area contributed by atoms with Crippen molar-refractivity contribution in [2.24, 2.45) is 0 Å². The first-order valence-corrected chi connectivity index (χ1v) is 4.15. The lowest BCUT2D eigenvalue weighted by Gasteiger charge is -1.95. The number of aromatic nitrogens is 2. The van der Waals surface area contributed by atoms with Crippen molar-refractivity contribution in [1.29, 1.82) is 0 Å². The number of alkyl halides is 1. The zero-order chi connectivity index (χ0) is 8.27. The van der Waals surface area contributed by atoms with Crippen LogP contribution in [-0.2, 0) is 4.79 Å². The van der Waals surface area contributed by atoms with Gasteiger partial charge in [-0.25, -0.2) is 14.2 Å². The minimum atomic E-state index is -1.96. The van der Waals surface area contributed by atoms with Crippen molar-refractivity contribution in [3.8, 4) is 0 Å². The van der Waals surface area contributed by atoms with Crippen LogP contribution < -0.4 is 0 Å². The van der Waals surface area contributed by atoms with Crippen LogP contribution in [0.25, 0.3) is 0 Å². The summed E-state index contributed by atoms with van der Waals surface area (Å²) in [4.78, 5) is 13.6. The van der Waals surface area contributed by atoms with Crippen molar-refractivity contribution < 1.29 is 14.3 Å². The van der Waals surface area contributed by atoms with Crippen LogP contribution in [-0.4, -0.2) is 25.9 Å². The molecule has 0 aliphatic rings. The van der Waals surface area contributed by atoms with Gasteiger partial charge in [0.15, 0.2) is 4.34 Å². The van der Waals surface area contributed by atoms with E-state index in [0.717, 1.165) is 11.5 Å². The molecule has 0 amide bonds. The lowest BCUT2D eigenvalue weighted by molar-refractivity contribution is -0.139. The Morgan fingerprint density at radius 3 is 3.09 bits per heavy atom. The highest BCUT2D eigenvalue weighted by Gasteiger charge is 2.18. The second-order valence-electron chi connectivity index (χ2n) is 1.48. The van der Waals surface area contributed by atoms with E-state index in [0.29, 0.717) is 16.1 Å². The van der Waals surface area contributed by atoms with Gasteiger partial charge >= 0.3 is 5.97 Å². The summed E-state index contributed by atoms with van der Waals surface area (Å²) < 4.78 is 16.3. The Kier molecular flexibility index (Phi) is 2.77. The molecule has 1 aromatic rings. The van der Waals surface area contributed by atoms with Crippen LogP contribution in [0.2, 0.25) is 0 Å². The van der Waals surface area contributed by atoms with Gasteiger partial charge in [0, 0.05) is 0 Å². The van der Waals surface area contributed by atoms with Gasteiger partial charge in [-0.1, -0.05) is 0 Å². The van der Waals surface area contributed by atoms with E-state index in [1.54, 1.807) is 0 Å². The monoisotopic (exact) mass is 194 g/mol. The summed E-state index contributed by atoms with van der Waals surface area (Å²) in [7, 11) is 0. The van der Waals surface area contributed by atoms with Gasteiger partial charge in [0.2, 0.25) is 5.50 Å². The smallest absolute Gasteiger partial charge is 0.349 e. The van der Waals surface area contributed by atoms with Crippen LogP contribution in [0.4, 0.5) is 4.39 Å². The highest BCUT2D eigenvalue weighted by atomic mass is 32.2. The molecule has 0 fully saturated rings. The Hall–Kier alpha value is -0.690. The van der Waals surface area contributed by atoms with Crippen LogP contribution in [0.1, 0.15) is 0 Å². The maximum absolute atomic E-state index is 12.4. The molecule has 7 heteroatoms. The van der Waals surface area contributed by atoms with Crippen LogP contribution in [0, 0.1) is 0 Å². The van der Waals surface area contributed by atoms with Gasteiger partial charge in [0.1, 0.15) is 6.33 Å². The number of rotatable bonds is 3. The molecule has 0 saturated heterocycles. The van der Waals surface area contributed by atoms with Gasteiger partial charge in [-0.3, -0.25) is 0 Å². The molecular weight excluding hydrogens is 191 g/mol. The zero-order valence-corrected chi connectivity index (χ0v) is 6.73. The Balaban J connectivity index is 2.50. The van der Waals surface area contributed by atoms with E-state index in [4.69, 9.17) is 5.11 Å². The fourth-order valence-electron chi connectivity index (χ4n) is 0.354. The Morgan fingerprint density at radius 1 is 1.91 bits per heavy atom. The summed E-state index contributed by atoms with van der Waals surface area (Å²) in [6.07, 6.45) is 1.25. The van der Waals surface area contributed by atoms with E-state index in [1.165, 1.54) is 6.33 Å². The molecule has 1 rings (SSSR count). The third kappa shape index (κ3) is 2.43. The Bertz CT molecular complexity index is 240. The lowest BCUT2D eigenvalue weighted by atomic mass is 10.8. The molecule has 1 aromatic heterocycles. The molecular formula is C4H3FN2O2S2. The number of hydrogen-bond acceptors (Lipinski definition) is 5. The average molecular weight is 194 g/mol. The predicted octanol–water partition coefficient (Wildman–Crippen LogP) is 1.01. The molecule has 0 aliphatic heterocycles. The van der Waals surface area contributed by atoms with Crippen LogP contribution >= 0.6 is 23.3 Å². The first-order valence-electron chi connectivity index (χ1n) is 2.50. The maximum atomic E-state index is 12.4. The molecule has 1 atom stereocenters. The first-order chi connectivity index (χ1) is 5.20. The Morgan fingerprint density at radius 2 is 2.64 bits per heavy atom. The fraction of sp³-hybridized carbons (Fsp3) is 0.250. The number of halogens is 1. The largest absolute Gasteiger partial charge is 0.478 e. The van der Waals surface area contributed by atoms with Crippen LogP contribution in [0.5, 0.6) is 0 Å². The highest BCUT2D eigenvalue weighted by Crippen LogP contribution is 2.24. The van der Waals surface area contributed by atoms with Crippen molar-refractivity contribution in [3.63, 3.8) is 0 Å². The third-order valence-electron chi connectivity index (χ3n) is 0.740. The lowest BCUT2D eigenvalue weighted by Crippen LogP contribution is -2.09. The molecule has 1 heterocycles. The van der Waals surface area contributed by atoms with E-state index in [9.17, 15) is 9.18 Å². The number of carboxylic acids is 1. The molecule has 60 valence electrons. The van der Waals surface area contributed by atoms with E-state index in [-0.39, 0.29) is 0 Å². The molecule has 0 bridgehead atoms. The third-order valence-corrected chi connectivity index (χ3v) is 2.43. The summed E-state index contributed by atoms with van der Waals surface area (Å²) >= 11 is 1.50. The van der Waals surface area contributed by atoms with Crippen molar-refractivity contribution in [2.45, 2.75) is 9.84 Å². The molecule has 0 spiro atoms. The number of nitrogens with zero attached hydrogens (tertiary/aromatic N) is 2. The fourth-order valence-corrected chi connectivity index (χ4v) is 1.57. The summed E-state index contributed by atoms with van der Waals surface area (Å²) in [5.74, 6) is -1.50. The van der Waals surface area contributed by atoms with Crippen molar-refractivity contribution in [1.82, 2.24) is 9.36 Å². The molecule has 0 radical (unpaired) electrons. The van der Waals surface area contributed by atoms with Crippen molar-refractivity contribution in [2.75, 3.05) is 0 Å². The van der Waals surface area contributed by atoms with Gasteiger partial charge < -0.3 is 5.11 Å². The summed E-state index contributed by atoms with van der Waals surface area (Å²) in [5.41, 5.74) is -1.96. The molecule has 0 aliphatic carbocycles. The SMILES string of the molecule is O=C(O)C(F)Sc1ncns1. The highest BCUT2D eigenvalue weighted by molar-refractivity contribution is 8.02. The van der Waals surface area contributed by atoms with Gasteiger partial charge in [0.05, 0.1) is 0 Å². The predicted molar refractivity (Wildman–Crippen MR) is 38.3 cm³/mol. The second kappa shape index (κ2) is 3.63. The zero-order valence-electron chi connectivity index (χ0n) is 5.10.